The molecule has 34 heavy (non-hydrogen) atoms. The van der Waals surface area contributed by atoms with Gasteiger partial charge in [0.05, 0.1) is 17.0 Å². The Bertz CT molecular complexity index is 1460. The number of halogens is 1. The summed E-state index contributed by atoms with van der Waals surface area (Å²) in [5.41, 5.74) is 7.54. The predicted octanol–water partition coefficient (Wildman–Crippen LogP) is 6.74. The van der Waals surface area contributed by atoms with Crippen LogP contribution in [0.3, 0.4) is 0 Å². The van der Waals surface area contributed by atoms with Crippen molar-refractivity contribution in [2.24, 2.45) is 11.3 Å². The second-order valence-electron chi connectivity index (χ2n) is 11.0. The summed E-state index contributed by atoms with van der Waals surface area (Å²) in [5, 5.41) is 19.3. The standard InChI is InChI=1S/C28H30FN3O2/c1-14(2)26-25(17-10-28(11-17)12-18(13-28)27(33)34)21-8-23-20(16(4)30-31-23)9-24(21)32(26)19-5-6-22(29)15(3)7-19/h5-9,14,17-18H,10-13H2,1-4H3,(H,30,31)(H,33,34). The zero-order valence-electron chi connectivity index (χ0n) is 20.1. The molecule has 6 rings (SSSR count). The van der Waals surface area contributed by atoms with E-state index in [1.165, 1.54) is 16.6 Å². The lowest BCUT2D eigenvalue weighted by Crippen LogP contribution is -2.49. The van der Waals surface area contributed by atoms with Crippen LogP contribution in [0.1, 0.15) is 73.9 Å². The number of aromatic amines is 1. The van der Waals surface area contributed by atoms with Gasteiger partial charge in [-0.15, -0.1) is 0 Å². The molecular formula is C28H30FN3O2. The molecule has 2 aliphatic carbocycles. The zero-order chi connectivity index (χ0) is 23.9. The Hall–Kier alpha value is -3.15. The molecule has 0 bridgehead atoms. The van der Waals surface area contributed by atoms with Gasteiger partial charge in [0.15, 0.2) is 0 Å². The molecule has 0 radical (unpaired) electrons. The molecule has 2 aromatic heterocycles. The van der Waals surface area contributed by atoms with Gasteiger partial charge in [-0.05, 0) is 98.2 Å². The Kier molecular flexibility index (Phi) is 4.51. The number of hydrogen-bond donors (Lipinski definition) is 2. The number of carboxylic acids is 1. The first-order chi connectivity index (χ1) is 16.2. The highest BCUT2D eigenvalue weighted by Crippen LogP contribution is 2.65. The third-order valence-electron chi connectivity index (χ3n) is 8.33. The van der Waals surface area contributed by atoms with Crippen LogP contribution < -0.4 is 0 Å². The van der Waals surface area contributed by atoms with Crippen molar-refractivity contribution in [1.29, 1.82) is 0 Å². The molecule has 2 aromatic carbocycles. The summed E-state index contributed by atoms with van der Waals surface area (Å²) in [6, 6.07) is 9.78. The summed E-state index contributed by atoms with van der Waals surface area (Å²) in [6.07, 6.45) is 3.67. The van der Waals surface area contributed by atoms with Crippen molar-refractivity contribution < 1.29 is 14.3 Å². The topological polar surface area (TPSA) is 70.9 Å². The van der Waals surface area contributed by atoms with Crippen molar-refractivity contribution >= 4 is 27.8 Å². The summed E-state index contributed by atoms with van der Waals surface area (Å²) < 4.78 is 16.5. The van der Waals surface area contributed by atoms with Gasteiger partial charge in [0.1, 0.15) is 5.82 Å². The Morgan fingerprint density at radius 3 is 2.53 bits per heavy atom. The summed E-state index contributed by atoms with van der Waals surface area (Å²) >= 11 is 0. The maximum absolute atomic E-state index is 14.2. The molecule has 5 nitrogen and oxygen atoms in total. The third-order valence-corrected chi connectivity index (χ3v) is 8.33. The molecule has 2 aliphatic rings. The van der Waals surface area contributed by atoms with E-state index in [1.54, 1.807) is 6.07 Å². The van der Waals surface area contributed by atoms with Gasteiger partial charge in [-0.2, -0.15) is 5.10 Å². The minimum absolute atomic E-state index is 0.180. The van der Waals surface area contributed by atoms with E-state index >= 15 is 0 Å². The largest absolute Gasteiger partial charge is 0.481 e. The monoisotopic (exact) mass is 459 g/mol. The van der Waals surface area contributed by atoms with Crippen LogP contribution in [0.2, 0.25) is 0 Å². The highest BCUT2D eigenvalue weighted by molar-refractivity contribution is 6.00. The Labute approximate surface area is 198 Å². The number of benzene rings is 2. The molecule has 1 spiro atoms. The number of aromatic nitrogens is 3. The van der Waals surface area contributed by atoms with E-state index in [1.807, 2.05) is 26.0 Å². The lowest BCUT2D eigenvalue weighted by Gasteiger charge is -2.57. The van der Waals surface area contributed by atoms with E-state index in [0.29, 0.717) is 11.5 Å². The first-order valence-corrected chi connectivity index (χ1v) is 12.2. The maximum Gasteiger partial charge on any atom is 0.306 e. The molecule has 0 atom stereocenters. The number of nitrogens with zero attached hydrogens (tertiary/aromatic N) is 2. The fraction of sp³-hybridized carbons (Fsp3) is 0.429. The van der Waals surface area contributed by atoms with E-state index in [2.05, 4.69) is 40.7 Å². The van der Waals surface area contributed by atoms with Gasteiger partial charge >= 0.3 is 5.97 Å². The average molecular weight is 460 g/mol. The van der Waals surface area contributed by atoms with Crippen LogP contribution in [0.4, 0.5) is 4.39 Å². The van der Waals surface area contributed by atoms with Gasteiger partial charge in [0, 0.05) is 27.8 Å². The van der Waals surface area contributed by atoms with Crippen LogP contribution in [-0.2, 0) is 4.79 Å². The number of aliphatic carboxylic acids is 1. The summed E-state index contributed by atoms with van der Waals surface area (Å²) in [7, 11) is 0. The first-order valence-electron chi connectivity index (χ1n) is 12.2. The minimum Gasteiger partial charge on any atom is -0.481 e. The lowest BCUT2D eigenvalue weighted by molar-refractivity contribution is -0.155. The van der Waals surface area contributed by atoms with Crippen molar-refractivity contribution in [1.82, 2.24) is 14.8 Å². The molecule has 2 saturated carbocycles. The van der Waals surface area contributed by atoms with E-state index < -0.39 is 5.97 Å². The Balaban J connectivity index is 1.55. The molecule has 0 saturated heterocycles. The van der Waals surface area contributed by atoms with Crippen LogP contribution in [0, 0.1) is 31.0 Å². The van der Waals surface area contributed by atoms with E-state index in [9.17, 15) is 14.3 Å². The Morgan fingerprint density at radius 2 is 1.88 bits per heavy atom. The van der Waals surface area contributed by atoms with Crippen LogP contribution in [0.25, 0.3) is 27.5 Å². The number of hydrogen-bond acceptors (Lipinski definition) is 2. The summed E-state index contributed by atoms with van der Waals surface area (Å²) in [5.74, 6) is -0.363. The SMILES string of the molecule is Cc1cc(-n2c(C(C)C)c(C3CC4(CC(C(=O)O)C4)C3)c3cc4n[nH]c(C)c4cc32)ccc1F. The smallest absolute Gasteiger partial charge is 0.306 e. The Morgan fingerprint density at radius 1 is 1.15 bits per heavy atom. The summed E-state index contributed by atoms with van der Waals surface area (Å²) in [6.45, 7) is 8.29. The van der Waals surface area contributed by atoms with Crippen LogP contribution in [0.15, 0.2) is 30.3 Å². The number of aryl methyl sites for hydroxylation is 2. The number of fused-ring (bicyclic) bond motifs is 2. The molecule has 2 heterocycles. The highest BCUT2D eigenvalue weighted by Gasteiger charge is 2.56. The minimum atomic E-state index is -0.656. The van der Waals surface area contributed by atoms with Crippen molar-refractivity contribution in [3.05, 3.63) is 58.7 Å². The molecule has 6 heteroatoms. The van der Waals surface area contributed by atoms with Gasteiger partial charge < -0.3 is 9.67 Å². The lowest BCUT2D eigenvalue weighted by atomic mass is 9.47. The molecule has 2 N–H and O–H groups in total. The first kappa shape index (κ1) is 21.4. The second-order valence-corrected chi connectivity index (χ2v) is 11.0. The number of carboxylic acid groups (broad SMARTS) is 1. The van der Waals surface area contributed by atoms with E-state index in [4.69, 9.17) is 0 Å². The summed E-state index contributed by atoms with van der Waals surface area (Å²) in [4.78, 5) is 11.4. The second kappa shape index (κ2) is 7.17. The molecule has 0 amide bonds. The zero-order valence-corrected chi connectivity index (χ0v) is 20.1. The van der Waals surface area contributed by atoms with Crippen molar-refractivity contribution in [3.63, 3.8) is 0 Å². The van der Waals surface area contributed by atoms with Gasteiger partial charge in [-0.3, -0.25) is 9.89 Å². The number of nitrogens with one attached hydrogen (secondary N) is 1. The number of rotatable bonds is 4. The van der Waals surface area contributed by atoms with Gasteiger partial charge in [-0.25, -0.2) is 4.39 Å². The van der Waals surface area contributed by atoms with Gasteiger partial charge in [0.2, 0.25) is 0 Å². The van der Waals surface area contributed by atoms with Crippen LogP contribution in [0.5, 0.6) is 0 Å². The predicted molar refractivity (Wildman–Crippen MR) is 131 cm³/mol. The van der Waals surface area contributed by atoms with Crippen molar-refractivity contribution in [2.75, 3.05) is 0 Å². The van der Waals surface area contributed by atoms with Gasteiger partial charge in [-0.1, -0.05) is 13.8 Å². The van der Waals surface area contributed by atoms with Gasteiger partial charge in [0.25, 0.3) is 0 Å². The maximum atomic E-state index is 14.2. The highest BCUT2D eigenvalue weighted by atomic mass is 19.1. The molecule has 2 fully saturated rings. The fourth-order valence-corrected chi connectivity index (χ4v) is 6.69. The quantitative estimate of drug-likeness (QED) is 0.355. The third kappa shape index (κ3) is 2.97. The number of H-pyrrole nitrogens is 1. The van der Waals surface area contributed by atoms with Crippen LogP contribution in [-0.4, -0.2) is 25.8 Å². The molecular weight excluding hydrogens is 429 g/mol. The van der Waals surface area contributed by atoms with Crippen molar-refractivity contribution in [2.45, 2.75) is 65.2 Å². The van der Waals surface area contributed by atoms with E-state index in [0.717, 1.165) is 53.5 Å². The fourth-order valence-electron chi connectivity index (χ4n) is 6.69. The number of carbonyl (C=O) groups is 1. The molecule has 0 unspecified atom stereocenters. The average Bonchev–Trinajstić information content (AvgIpc) is 3.24. The van der Waals surface area contributed by atoms with Crippen molar-refractivity contribution in [3.8, 4) is 5.69 Å². The molecule has 0 aliphatic heterocycles. The normalized spacial score (nSPS) is 24.2. The molecule has 176 valence electrons. The van der Waals surface area contributed by atoms with E-state index in [-0.39, 0.29) is 23.1 Å². The molecule has 4 aromatic rings. The van der Waals surface area contributed by atoms with Crippen LogP contribution >= 0.6 is 0 Å².